The molecule has 1 heterocycles. The standard InChI is InChI=1S/C18H28N2O/c1-13(2)16-7-5-6-15(4)18(16)19-17(21)12-20-10-8-14(3)9-11-20/h5-7,13-14H,8-12H2,1-4H3,(H,19,21). The predicted octanol–water partition coefficient (Wildman–Crippen LogP) is 3.79. The van der Waals surface area contributed by atoms with Gasteiger partial charge in [-0.1, -0.05) is 39.0 Å². The Balaban J connectivity index is 2.00. The highest BCUT2D eigenvalue weighted by Crippen LogP contribution is 2.27. The summed E-state index contributed by atoms with van der Waals surface area (Å²) in [5, 5.41) is 3.14. The summed E-state index contributed by atoms with van der Waals surface area (Å²) in [5.74, 6) is 1.32. The fraction of sp³-hybridized carbons (Fsp3) is 0.611. The fourth-order valence-corrected chi connectivity index (χ4v) is 2.94. The third kappa shape index (κ3) is 4.31. The smallest absolute Gasteiger partial charge is 0.238 e. The minimum atomic E-state index is 0.112. The van der Waals surface area contributed by atoms with Crippen LogP contribution in [-0.2, 0) is 4.79 Å². The summed E-state index contributed by atoms with van der Waals surface area (Å²) < 4.78 is 0. The molecule has 1 saturated heterocycles. The van der Waals surface area contributed by atoms with E-state index in [-0.39, 0.29) is 5.91 Å². The first-order valence-corrected chi connectivity index (χ1v) is 8.09. The van der Waals surface area contributed by atoms with E-state index in [1.54, 1.807) is 0 Å². The Bertz CT molecular complexity index is 488. The summed E-state index contributed by atoms with van der Waals surface area (Å²) in [4.78, 5) is 14.6. The molecule has 0 aliphatic carbocycles. The number of benzene rings is 1. The van der Waals surface area contributed by atoms with Crippen LogP contribution >= 0.6 is 0 Å². The van der Waals surface area contributed by atoms with E-state index >= 15 is 0 Å². The topological polar surface area (TPSA) is 32.3 Å². The lowest BCUT2D eigenvalue weighted by Gasteiger charge is -2.29. The number of amides is 1. The molecule has 2 rings (SSSR count). The number of aryl methyl sites for hydroxylation is 1. The van der Waals surface area contributed by atoms with Crippen molar-refractivity contribution >= 4 is 11.6 Å². The van der Waals surface area contributed by atoms with Crippen molar-refractivity contribution in [3.05, 3.63) is 29.3 Å². The molecular formula is C18H28N2O. The Labute approximate surface area is 128 Å². The molecule has 3 heteroatoms. The van der Waals surface area contributed by atoms with Gasteiger partial charge in [-0.05, 0) is 55.8 Å². The molecule has 1 amide bonds. The van der Waals surface area contributed by atoms with Crippen molar-refractivity contribution in [1.82, 2.24) is 4.90 Å². The van der Waals surface area contributed by atoms with Gasteiger partial charge in [0.2, 0.25) is 5.91 Å². The van der Waals surface area contributed by atoms with Crippen LogP contribution in [0.4, 0.5) is 5.69 Å². The van der Waals surface area contributed by atoms with E-state index in [0.29, 0.717) is 12.5 Å². The number of hydrogen-bond donors (Lipinski definition) is 1. The van der Waals surface area contributed by atoms with Crippen molar-refractivity contribution in [3.8, 4) is 0 Å². The third-order valence-corrected chi connectivity index (χ3v) is 4.43. The molecule has 1 aromatic carbocycles. The minimum absolute atomic E-state index is 0.112. The van der Waals surface area contributed by atoms with Crippen LogP contribution < -0.4 is 5.32 Å². The van der Waals surface area contributed by atoms with Crippen LogP contribution in [0, 0.1) is 12.8 Å². The van der Waals surface area contributed by atoms with E-state index in [1.165, 1.54) is 18.4 Å². The van der Waals surface area contributed by atoms with E-state index in [4.69, 9.17) is 0 Å². The molecule has 0 radical (unpaired) electrons. The second-order valence-electron chi connectivity index (χ2n) is 6.70. The van der Waals surface area contributed by atoms with E-state index in [2.05, 4.69) is 56.1 Å². The molecule has 1 N–H and O–H groups in total. The molecule has 3 nitrogen and oxygen atoms in total. The van der Waals surface area contributed by atoms with Gasteiger partial charge in [-0.15, -0.1) is 0 Å². The van der Waals surface area contributed by atoms with Crippen molar-refractivity contribution in [2.45, 2.75) is 46.5 Å². The first-order valence-electron chi connectivity index (χ1n) is 8.09. The lowest BCUT2D eigenvalue weighted by atomic mass is 9.98. The summed E-state index contributed by atoms with van der Waals surface area (Å²) in [5.41, 5.74) is 3.36. The lowest BCUT2D eigenvalue weighted by molar-refractivity contribution is -0.117. The molecule has 1 aromatic rings. The van der Waals surface area contributed by atoms with Crippen molar-refractivity contribution in [2.75, 3.05) is 25.0 Å². The first-order chi connectivity index (χ1) is 9.97. The van der Waals surface area contributed by atoms with Gasteiger partial charge < -0.3 is 5.32 Å². The zero-order valence-corrected chi connectivity index (χ0v) is 13.8. The molecule has 1 fully saturated rings. The van der Waals surface area contributed by atoms with Crippen LogP contribution in [0.2, 0.25) is 0 Å². The van der Waals surface area contributed by atoms with Crippen LogP contribution in [0.1, 0.15) is 50.7 Å². The predicted molar refractivity (Wildman–Crippen MR) is 88.7 cm³/mol. The van der Waals surface area contributed by atoms with Gasteiger partial charge in [0.05, 0.1) is 6.54 Å². The number of likely N-dealkylation sites (tertiary alicyclic amines) is 1. The second kappa shape index (κ2) is 7.08. The maximum Gasteiger partial charge on any atom is 0.238 e. The fourth-order valence-electron chi connectivity index (χ4n) is 2.94. The molecule has 0 unspecified atom stereocenters. The Hall–Kier alpha value is -1.35. The number of rotatable bonds is 4. The van der Waals surface area contributed by atoms with E-state index in [0.717, 1.165) is 30.3 Å². The average molecular weight is 288 g/mol. The number of carbonyl (C=O) groups is 1. The maximum atomic E-state index is 12.3. The summed E-state index contributed by atoms with van der Waals surface area (Å²) in [7, 11) is 0. The normalized spacial score (nSPS) is 17.2. The largest absolute Gasteiger partial charge is 0.324 e. The number of nitrogens with one attached hydrogen (secondary N) is 1. The van der Waals surface area contributed by atoms with Gasteiger partial charge in [-0.2, -0.15) is 0 Å². The number of hydrogen-bond acceptors (Lipinski definition) is 2. The van der Waals surface area contributed by atoms with Gasteiger partial charge in [-0.25, -0.2) is 0 Å². The van der Waals surface area contributed by atoms with Gasteiger partial charge in [0, 0.05) is 5.69 Å². The zero-order valence-electron chi connectivity index (χ0n) is 13.8. The highest BCUT2D eigenvalue weighted by atomic mass is 16.2. The van der Waals surface area contributed by atoms with Crippen LogP contribution in [0.15, 0.2) is 18.2 Å². The average Bonchev–Trinajstić information content (AvgIpc) is 2.43. The van der Waals surface area contributed by atoms with E-state index in [1.807, 2.05) is 0 Å². The summed E-state index contributed by atoms with van der Waals surface area (Å²) in [6.07, 6.45) is 2.41. The lowest BCUT2D eigenvalue weighted by Crippen LogP contribution is -2.38. The molecule has 21 heavy (non-hydrogen) atoms. The number of anilines is 1. The molecule has 0 bridgehead atoms. The van der Waals surface area contributed by atoms with Crippen molar-refractivity contribution in [1.29, 1.82) is 0 Å². The molecule has 116 valence electrons. The van der Waals surface area contributed by atoms with Gasteiger partial charge in [-0.3, -0.25) is 9.69 Å². The molecule has 0 spiro atoms. The monoisotopic (exact) mass is 288 g/mol. The Morgan fingerprint density at radius 3 is 2.62 bits per heavy atom. The van der Waals surface area contributed by atoms with Crippen LogP contribution in [-0.4, -0.2) is 30.4 Å². The van der Waals surface area contributed by atoms with Gasteiger partial charge >= 0.3 is 0 Å². The Morgan fingerprint density at radius 1 is 1.33 bits per heavy atom. The van der Waals surface area contributed by atoms with Crippen LogP contribution in [0.25, 0.3) is 0 Å². The first kappa shape index (κ1) is 16.0. The van der Waals surface area contributed by atoms with Gasteiger partial charge in [0.1, 0.15) is 0 Å². The Morgan fingerprint density at radius 2 is 2.00 bits per heavy atom. The number of piperidine rings is 1. The summed E-state index contributed by atoms with van der Waals surface area (Å²) in [6, 6.07) is 6.23. The molecular weight excluding hydrogens is 260 g/mol. The van der Waals surface area contributed by atoms with Gasteiger partial charge in [0.25, 0.3) is 0 Å². The third-order valence-electron chi connectivity index (χ3n) is 4.43. The van der Waals surface area contributed by atoms with E-state index < -0.39 is 0 Å². The number of carbonyl (C=O) groups excluding carboxylic acids is 1. The van der Waals surface area contributed by atoms with Crippen LogP contribution in [0.5, 0.6) is 0 Å². The SMILES string of the molecule is Cc1cccc(C(C)C)c1NC(=O)CN1CCC(C)CC1. The minimum Gasteiger partial charge on any atom is -0.324 e. The van der Waals surface area contributed by atoms with Gasteiger partial charge in [0.15, 0.2) is 0 Å². The molecule has 1 aliphatic rings. The molecule has 0 saturated carbocycles. The highest BCUT2D eigenvalue weighted by Gasteiger charge is 2.19. The number of nitrogens with zero attached hydrogens (tertiary/aromatic N) is 1. The maximum absolute atomic E-state index is 12.3. The van der Waals surface area contributed by atoms with Crippen molar-refractivity contribution < 1.29 is 4.79 Å². The summed E-state index contributed by atoms with van der Waals surface area (Å²) >= 11 is 0. The number of para-hydroxylation sites is 1. The Kier molecular flexibility index (Phi) is 5.40. The van der Waals surface area contributed by atoms with Crippen LogP contribution in [0.3, 0.4) is 0 Å². The second-order valence-corrected chi connectivity index (χ2v) is 6.70. The van der Waals surface area contributed by atoms with E-state index in [9.17, 15) is 4.79 Å². The summed E-state index contributed by atoms with van der Waals surface area (Å²) in [6.45, 7) is 11.3. The highest BCUT2D eigenvalue weighted by molar-refractivity contribution is 5.93. The molecule has 0 atom stereocenters. The molecule has 0 aromatic heterocycles. The molecule has 1 aliphatic heterocycles. The quantitative estimate of drug-likeness (QED) is 0.914. The zero-order chi connectivity index (χ0) is 15.4. The van der Waals surface area contributed by atoms with Crippen molar-refractivity contribution in [2.24, 2.45) is 5.92 Å². The van der Waals surface area contributed by atoms with Crippen molar-refractivity contribution in [3.63, 3.8) is 0 Å².